The van der Waals surface area contributed by atoms with Crippen molar-refractivity contribution in [1.82, 2.24) is 5.32 Å². The molecule has 1 aromatic carbocycles. The van der Waals surface area contributed by atoms with Crippen molar-refractivity contribution in [3.63, 3.8) is 0 Å². The SMILES string of the molecule is CC(C)OCc1ccc(C(=O)NC(C)(C)C(C)O)cc1. The first-order valence-corrected chi connectivity index (χ1v) is 6.93. The van der Waals surface area contributed by atoms with Gasteiger partial charge in [0.05, 0.1) is 24.4 Å². The molecule has 0 saturated carbocycles. The molecule has 0 bridgehead atoms. The Morgan fingerprint density at radius 2 is 1.80 bits per heavy atom. The summed E-state index contributed by atoms with van der Waals surface area (Å²) in [5.74, 6) is -0.188. The van der Waals surface area contributed by atoms with Crippen LogP contribution >= 0.6 is 0 Å². The van der Waals surface area contributed by atoms with Gasteiger partial charge in [-0.1, -0.05) is 12.1 Å². The van der Waals surface area contributed by atoms with Crippen LogP contribution in [0.15, 0.2) is 24.3 Å². The van der Waals surface area contributed by atoms with Crippen molar-refractivity contribution in [2.75, 3.05) is 0 Å². The van der Waals surface area contributed by atoms with E-state index in [1.54, 1.807) is 32.9 Å². The molecule has 0 radical (unpaired) electrons. The molecule has 0 aliphatic carbocycles. The number of benzene rings is 1. The number of ether oxygens (including phenoxy) is 1. The van der Waals surface area contributed by atoms with Crippen LogP contribution in [0.5, 0.6) is 0 Å². The van der Waals surface area contributed by atoms with E-state index in [2.05, 4.69) is 5.32 Å². The van der Waals surface area contributed by atoms with Crippen LogP contribution < -0.4 is 5.32 Å². The van der Waals surface area contributed by atoms with Gasteiger partial charge in [0.2, 0.25) is 0 Å². The van der Waals surface area contributed by atoms with E-state index in [4.69, 9.17) is 4.74 Å². The lowest BCUT2D eigenvalue weighted by molar-refractivity contribution is 0.0655. The zero-order valence-electron chi connectivity index (χ0n) is 12.9. The van der Waals surface area contributed by atoms with Gasteiger partial charge in [0.15, 0.2) is 0 Å². The van der Waals surface area contributed by atoms with Gasteiger partial charge in [-0.25, -0.2) is 0 Å². The molecule has 0 aromatic heterocycles. The van der Waals surface area contributed by atoms with Gasteiger partial charge in [-0.05, 0) is 52.3 Å². The fourth-order valence-corrected chi connectivity index (χ4v) is 1.48. The second-order valence-electron chi connectivity index (χ2n) is 5.91. The van der Waals surface area contributed by atoms with E-state index in [1.165, 1.54) is 0 Å². The predicted molar refractivity (Wildman–Crippen MR) is 79.6 cm³/mol. The Kier molecular flexibility index (Phi) is 5.72. The summed E-state index contributed by atoms with van der Waals surface area (Å²) in [6.45, 7) is 9.76. The number of carbonyl (C=O) groups excluding carboxylic acids is 1. The summed E-state index contributed by atoms with van der Waals surface area (Å²) < 4.78 is 5.51. The van der Waals surface area contributed by atoms with E-state index < -0.39 is 11.6 Å². The van der Waals surface area contributed by atoms with Crippen molar-refractivity contribution in [2.24, 2.45) is 0 Å². The largest absolute Gasteiger partial charge is 0.391 e. The molecule has 20 heavy (non-hydrogen) atoms. The van der Waals surface area contributed by atoms with E-state index in [-0.39, 0.29) is 12.0 Å². The smallest absolute Gasteiger partial charge is 0.251 e. The highest BCUT2D eigenvalue weighted by Gasteiger charge is 2.26. The summed E-state index contributed by atoms with van der Waals surface area (Å²) in [7, 11) is 0. The maximum absolute atomic E-state index is 12.1. The van der Waals surface area contributed by atoms with Gasteiger partial charge < -0.3 is 15.2 Å². The van der Waals surface area contributed by atoms with Crippen molar-refractivity contribution >= 4 is 5.91 Å². The van der Waals surface area contributed by atoms with E-state index in [0.717, 1.165) is 5.56 Å². The van der Waals surface area contributed by atoms with E-state index >= 15 is 0 Å². The summed E-state index contributed by atoms with van der Waals surface area (Å²) >= 11 is 0. The van der Waals surface area contributed by atoms with Crippen molar-refractivity contribution < 1.29 is 14.6 Å². The van der Waals surface area contributed by atoms with Crippen molar-refractivity contribution in [3.05, 3.63) is 35.4 Å². The van der Waals surface area contributed by atoms with Gasteiger partial charge >= 0.3 is 0 Å². The summed E-state index contributed by atoms with van der Waals surface area (Å²) in [5, 5.41) is 12.4. The minimum atomic E-state index is -0.656. The minimum absolute atomic E-state index is 0.185. The topological polar surface area (TPSA) is 58.6 Å². The Labute approximate surface area is 121 Å². The minimum Gasteiger partial charge on any atom is -0.391 e. The standard InChI is InChI=1S/C16H25NO3/c1-11(2)20-10-13-6-8-14(9-7-13)15(19)17-16(4,5)12(3)18/h6-9,11-12,18H,10H2,1-5H3,(H,17,19). The van der Waals surface area contributed by atoms with Crippen LogP contribution in [0.3, 0.4) is 0 Å². The summed E-state index contributed by atoms with van der Waals surface area (Å²) in [4.78, 5) is 12.1. The first kappa shape index (κ1) is 16.7. The van der Waals surface area contributed by atoms with Gasteiger partial charge in [-0.2, -0.15) is 0 Å². The van der Waals surface area contributed by atoms with Crippen molar-refractivity contribution in [3.8, 4) is 0 Å². The fraction of sp³-hybridized carbons (Fsp3) is 0.562. The fourth-order valence-electron chi connectivity index (χ4n) is 1.48. The summed E-state index contributed by atoms with van der Waals surface area (Å²) in [6.07, 6.45) is -0.435. The van der Waals surface area contributed by atoms with E-state index in [9.17, 15) is 9.90 Å². The maximum Gasteiger partial charge on any atom is 0.251 e. The van der Waals surface area contributed by atoms with Gasteiger partial charge in [-0.15, -0.1) is 0 Å². The second kappa shape index (κ2) is 6.86. The maximum atomic E-state index is 12.1. The van der Waals surface area contributed by atoms with E-state index in [1.807, 2.05) is 26.0 Å². The molecule has 1 unspecified atom stereocenters. The van der Waals surface area contributed by atoms with Gasteiger partial charge in [0.25, 0.3) is 5.91 Å². The Morgan fingerprint density at radius 3 is 2.25 bits per heavy atom. The van der Waals surface area contributed by atoms with Crippen LogP contribution in [0, 0.1) is 0 Å². The molecule has 1 atom stereocenters. The third-order valence-electron chi connectivity index (χ3n) is 3.28. The summed E-state index contributed by atoms with van der Waals surface area (Å²) in [6, 6.07) is 7.30. The van der Waals surface area contributed by atoms with Crippen molar-refractivity contribution in [1.29, 1.82) is 0 Å². The van der Waals surface area contributed by atoms with Crippen LogP contribution in [-0.4, -0.2) is 28.8 Å². The zero-order valence-corrected chi connectivity index (χ0v) is 12.9. The van der Waals surface area contributed by atoms with Gasteiger partial charge in [0.1, 0.15) is 0 Å². The zero-order chi connectivity index (χ0) is 15.3. The number of nitrogens with one attached hydrogen (secondary N) is 1. The van der Waals surface area contributed by atoms with Crippen LogP contribution in [0.1, 0.15) is 50.5 Å². The number of hydrogen-bond acceptors (Lipinski definition) is 3. The van der Waals surface area contributed by atoms with E-state index in [0.29, 0.717) is 12.2 Å². The second-order valence-corrected chi connectivity index (χ2v) is 5.91. The molecule has 1 amide bonds. The summed E-state index contributed by atoms with van der Waals surface area (Å²) in [5.41, 5.74) is 0.952. The Bertz CT molecular complexity index is 436. The highest BCUT2D eigenvalue weighted by atomic mass is 16.5. The Morgan fingerprint density at radius 1 is 1.25 bits per heavy atom. The molecule has 4 nitrogen and oxygen atoms in total. The molecule has 4 heteroatoms. The number of carbonyl (C=O) groups is 1. The third-order valence-corrected chi connectivity index (χ3v) is 3.28. The molecule has 0 spiro atoms. The third kappa shape index (κ3) is 4.94. The molecule has 1 rings (SSSR count). The van der Waals surface area contributed by atoms with Crippen molar-refractivity contribution in [2.45, 2.75) is 59.0 Å². The monoisotopic (exact) mass is 279 g/mol. The number of aliphatic hydroxyl groups excluding tert-OH is 1. The molecule has 0 heterocycles. The number of rotatable bonds is 6. The molecule has 112 valence electrons. The number of aliphatic hydroxyl groups is 1. The molecule has 0 aliphatic rings. The molecule has 0 fully saturated rings. The molecule has 1 aromatic rings. The molecular formula is C16H25NO3. The molecule has 0 saturated heterocycles. The Hall–Kier alpha value is -1.39. The van der Waals surface area contributed by atoms with Crippen LogP contribution in [-0.2, 0) is 11.3 Å². The number of amides is 1. The lowest BCUT2D eigenvalue weighted by Gasteiger charge is -2.29. The van der Waals surface area contributed by atoms with Gasteiger partial charge in [0, 0.05) is 5.56 Å². The predicted octanol–water partition coefficient (Wildman–Crippen LogP) is 2.50. The first-order chi connectivity index (χ1) is 9.22. The lowest BCUT2D eigenvalue weighted by atomic mass is 9.98. The van der Waals surface area contributed by atoms with Crippen LogP contribution in [0.4, 0.5) is 0 Å². The average Bonchev–Trinajstić information content (AvgIpc) is 2.36. The van der Waals surface area contributed by atoms with Gasteiger partial charge in [-0.3, -0.25) is 4.79 Å². The highest BCUT2D eigenvalue weighted by molar-refractivity contribution is 5.94. The average molecular weight is 279 g/mol. The van der Waals surface area contributed by atoms with Crippen LogP contribution in [0.2, 0.25) is 0 Å². The lowest BCUT2D eigenvalue weighted by Crippen LogP contribution is -2.50. The number of hydrogen-bond donors (Lipinski definition) is 2. The molecule has 0 aliphatic heterocycles. The quantitative estimate of drug-likeness (QED) is 0.841. The highest BCUT2D eigenvalue weighted by Crippen LogP contribution is 2.12. The molecule has 2 N–H and O–H groups in total. The normalized spacial score (nSPS) is 13.3. The first-order valence-electron chi connectivity index (χ1n) is 6.93. The molecular weight excluding hydrogens is 254 g/mol. The van der Waals surface area contributed by atoms with Crippen LogP contribution in [0.25, 0.3) is 0 Å². The Balaban J connectivity index is 2.66.